The number of rotatable bonds is 4. The molecular weight excluding hydrogens is 258 g/mol. The number of nitrogens with zero attached hydrogens (tertiary/aromatic N) is 1. The SMILES string of the molecule is COC(=O)c1cc(OC)cc(-c2ccc(OC)cc2)n1. The van der Waals surface area contributed by atoms with Gasteiger partial charge in [0.05, 0.1) is 27.0 Å². The molecule has 0 fully saturated rings. The van der Waals surface area contributed by atoms with Gasteiger partial charge < -0.3 is 14.2 Å². The normalized spacial score (nSPS) is 9.95. The molecular formula is C15H15NO4. The Bertz CT molecular complexity index is 608. The van der Waals surface area contributed by atoms with E-state index in [1.54, 1.807) is 19.2 Å². The molecule has 5 heteroatoms. The molecule has 0 amide bonds. The van der Waals surface area contributed by atoms with Crippen LogP contribution in [0.1, 0.15) is 10.5 Å². The molecule has 0 radical (unpaired) electrons. The van der Waals surface area contributed by atoms with Gasteiger partial charge in [0.2, 0.25) is 0 Å². The van der Waals surface area contributed by atoms with E-state index in [0.717, 1.165) is 11.3 Å². The summed E-state index contributed by atoms with van der Waals surface area (Å²) < 4.78 is 15.0. The van der Waals surface area contributed by atoms with Crippen molar-refractivity contribution in [3.63, 3.8) is 0 Å². The predicted molar refractivity (Wildman–Crippen MR) is 74.1 cm³/mol. The van der Waals surface area contributed by atoms with Crippen molar-refractivity contribution >= 4 is 5.97 Å². The molecule has 0 saturated carbocycles. The minimum absolute atomic E-state index is 0.206. The summed E-state index contributed by atoms with van der Waals surface area (Å²) >= 11 is 0. The fraction of sp³-hybridized carbons (Fsp3) is 0.200. The van der Waals surface area contributed by atoms with Crippen LogP contribution in [0.4, 0.5) is 0 Å². The lowest BCUT2D eigenvalue weighted by molar-refractivity contribution is 0.0593. The van der Waals surface area contributed by atoms with E-state index < -0.39 is 5.97 Å². The summed E-state index contributed by atoms with van der Waals surface area (Å²) in [5.74, 6) is 0.801. The third-order valence-corrected chi connectivity index (χ3v) is 2.81. The van der Waals surface area contributed by atoms with E-state index in [1.807, 2.05) is 24.3 Å². The summed E-state index contributed by atoms with van der Waals surface area (Å²) in [6, 6.07) is 10.7. The molecule has 0 aliphatic carbocycles. The maximum absolute atomic E-state index is 11.6. The molecule has 1 aromatic carbocycles. The van der Waals surface area contributed by atoms with Gasteiger partial charge in [-0.3, -0.25) is 0 Å². The number of hydrogen-bond acceptors (Lipinski definition) is 5. The maximum Gasteiger partial charge on any atom is 0.356 e. The number of carbonyl (C=O) groups is 1. The number of pyridine rings is 1. The lowest BCUT2D eigenvalue weighted by Gasteiger charge is -2.08. The van der Waals surface area contributed by atoms with Crippen LogP contribution in [-0.4, -0.2) is 32.3 Å². The van der Waals surface area contributed by atoms with E-state index in [9.17, 15) is 4.79 Å². The van der Waals surface area contributed by atoms with Gasteiger partial charge in [0.15, 0.2) is 5.69 Å². The van der Waals surface area contributed by atoms with Crippen molar-refractivity contribution in [2.24, 2.45) is 0 Å². The lowest BCUT2D eigenvalue weighted by atomic mass is 10.1. The molecule has 0 saturated heterocycles. The summed E-state index contributed by atoms with van der Waals surface area (Å²) in [4.78, 5) is 15.9. The number of methoxy groups -OCH3 is 3. The molecule has 1 aromatic heterocycles. The Labute approximate surface area is 117 Å². The van der Waals surface area contributed by atoms with E-state index in [2.05, 4.69) is 9.72 Å². The van der Waals surface area contributed by atoms with Crippen molar-refractivity contribution in [3.8, 4) is 22.8 Å². The van der Waals surface area contributed by atoms with Crippen LogP contribution in [0.15, 0.2) is 36.4 Å². The molecule has 1 heterocycles. The van der Waals surface area contributed by atoms with Crippen LogP contribution >= 0.6 is 0 Å². The van der Waals surface area contributed by atoms with Crippen molar-refractivity contribution in [1.82, 2.24) is 4.98 Å². The number of carbonyl (C=O) groups excluding carboxylic acids is 1. The summed E-state index contributed by atoms with van der Waals surface area (Å²) in [6.07, 6.45) is 0. The molecule has 0 aliphatic rings. The number of aromatic nitrogens is 1. The Kier molecular flexibility index (Phi) is 4.20. The van der Waals surface area contributed by atoms with Crippen molar-refractivity contribution in [3.05, 3.63) is 42.1 Å². The van der Waals surface area contributed by atoms with Gasteiger partial charge in [-0.25, -0.2) is 9.78 Å². The van der Waals surface area contributed by atoms with Gasteiger partial charge in [-0.1, -0.05) is 0 Å². The molecule has 5 nitrogen and oxygen atoms in total. The highest BCUT2D eigenvalue weighted by Gasteiger charge is 2.12. The molecule has 0 aliphatic heterocycles. The Morgan fingerprint density at radius 3 is 2.15 bits per heavy atom. The smallest absolute Gasteiger partial charge is 0.356 e. The van der Waals surface area contributed by atoms with E-state index in [-0.39, 0.29) is 5.69 Å². The van der Waals surface area contributed by atoms with Gasteiger partial charge in [-0.05, 0) is 24.3 Å². The molecule has 0 N–H and O–H groups in total. The molecule has 2 rings (SSSR count). The van der Waals surface area contributed by atoms with Crippen LogP contribution in [0.25, 0.3) is 11.3 Å². The van der Waals surface area contributed by atoms with E-state index in [4.69, 9.17) is 9.47 Å². The standard InChI is InChI=1S/C15H15NO4/c1-18-11-6-4-10(5-7-11)13-8-12(19-2)9-14(16-13)15(17)20-3/h4-9H,1-3H3. The van der Waals surface area contributed by atoms with Crippen LogP contribution in [0, 0.1) is 0 Å². The van der Waals surface area contributed by atoms with Crippen molar-refractivity contribution in [2.75, 3.05) is 21.3 Å². The van der Waals surface area contributed by atoms with Gasteiger partial charge in [0.25, 0.3) is 0 Å². The highest BCUT2D eigenvalue weighted by Crippen LogP contribution is 2.25. The van der Waals surface area contributed by atoms with E-state index >= 15 is 0 Å². The van der Waals surface area contributed by atoms with Crippen LogP contribution in [0.3, 0.4) is 0 Å². The maximum atomic E-state index is 11.6. The molecule has 20 heavy (non-hydrogen) atoms. The van der Waals surface area contributed by atoms with Crippen LogP contribution in [0.5, 0.6) is 11.5 Å². The largest absolute Gasteiger partial charge is 0.497 e. The fourth-order valence-corrected chi connectivity index (χ4v) is 1.74. The Balaban J connectivity index is 2.46. The highest BCUT2D eigenvalue weighted by molar-refractivity contribution is 5.88. The summed E-state index contributed by atoms with van der Waals surface area (Å²) in [5, 5.41) is 0. The van der Waals surface area contributed by atoms with Crippen LogP contribution in [0.2, 0.25) is 0 Å². The third kappa shape index (κ3) is 2.88. The lowest BCUT2D eigenvalue weighted by Crippen LogP contribution is -2.05. The van der Waals surface area contributed by atoms with Gasteiger partial charge >= 0.3 is 5.97 Å². The Morgan fingerprint density at radius 1 is 0.950 bits per heavy atom. The Hall–Kier alpha value is -2.56. The second-order valence-corrected chi connectivity index (χ2v) is 4.00. The predicted octanol–water partition coefficient (Wildman–Crippen LogP) is 2.55. The Morgan fingerprint density at radius 2 is 1.60 bits per heavy atom. The average molecular weight is 273 g/mol. The number of hydrogen-bond donors (Lipinski definition) is 0. The summed E-state index contributed by atoms with van der Waals surface area (Å²) in [7, 11) is 4.46. The second-order valence-electron chi connectivity index (χ2n) is 4.00. The molecule has 0 unspecified atom stereocenters. The quantitative estimate of drug-likeness (QED) is 0.801. The first-order chi connectivity index (χ1) is 9.67. The van der Waals surface area contributed by atoms with Crippen LogP contribution < -0.4 is 9.47 Å². The molecule has 0 spiro atoms. The van der Waals surface area contributed by atoms with Gasteiger partial charge in [0.1, 0.15) is 11.5 Å². The molecule has 2 aromatic rings. The topological polar surface area (TPSA) is 57.7 Å². The van der Waals surface area contributed by atoms with Crippen LogP contribution in [-0.2, 0) is 4.74 Å². The monoisotopic (exact) mass is 273 g/mol. The average Bonchev–Trinajstić information content (AvgIpc) is 2.53. The number of benzene rings is 1. The van der Waals surface area contributed by atoms with Crippen molar-refractivity contribution < 1.29 is 19.0 Å². The van der Waals surface area contributed by atoms with E-state index in [1.165, 1.54) is 14.2 Å². The van der Waals surface area contributed by atoms with Crippen molar-refractivity contribution in [1.29, 1.82) is 0 Å². The first kappa shape index (κ1) is 13.9. The van der Waals surface area contributed by atoms with E-state index in [0.29, 0.717) is 11.4 Å². The minimum Gasteiger partial charge on any atom is -0.497 e. The highest BCUT2D eigenvalue weighted by atomic mass is 16.5. The minimum atomic E-state index is -0.501. The van der Waals surface area contributed by atoms with Crippen molar-refractivity contribution in [2.45, 2.75) is 0 Å². The van der Waals surface area contributed by atoms with Gasteiger partial charge in [0, 0.05) is 17.7 Å². The fourth-order valence-electron chi connectivity index (χ4n) is 1.74. The molecule has 104 valence electrons. The second kappa shape index (κ2) is 6.06. The number of ether oxygens (including phenoxy) is 3. The zero-order valence-corrected chi connectivity index (χ0v) is 11.5. The zero-order chi connectivity index (χ0) is 14.5. The van der Waals surface area contributed by atoms with Gasteiger partial charge in [-0.15, -0.1) is 0 Å². The zero-order valence-electron chi connectivity index (χ0n) is 11.5. The van der Waals surface area contributed by atoms with Gasteiger partial charge in [-0.2, -0.15) is 0 Å². The molecule has 0 bridgehead atoms. The number of esters is 1. The third-order valence-electron chi connectivity index (χ3n) is 2.81. The molecule has 0 atom stereocenters. The summed E-state index contributed by atoms with van der Waals surface area (Å²) in [5.41, 5.74) is 1.69. The summed E-state index contributed by atoms with van der Waals surface area (Å²) in [6.45, 7) is 0. The first-order valence-electron chi connectivity index (χ1n) is 5.96. The first-order valence-corrected chi connectivity index (χ1v) is 5.96.